The molecule has 0 fully saturated rings. The molecular weight excluding hydrogens is 583 g/mol. The van der Waals surface area contributed by atoms with Crippen molar-refractivity contribution in [2.45, 2.75) is 42.2 Å². The van der Waals surface area contributed by atoms with E-state index in [-0.39, 0.29) is 11.8 Å². The van der Waals surface area contributed by atoms with Gasteiger partial charge in [0, 0.05) is 21.0 Å². The van der Waals surface area contributed by atoms with Crippen LogP contribution in [0.1, 0.15) is 60.6 Å². The van der Waals surface area contributed by atoms with Crippen LogP contribution in [0.3, 0.4) is 0 Å². The highest BCUT2D eigenvalue weighted by molar-refractivity contribution is 8.00. The number of carbonyl (C=O) groups is 2. The summed E-state index contributed by atoms with van der Waals surface area (Å²) in [6.45, 7) is 1.91. The predicted molar refractivity (Wildman–Crippen MR) is 179 cm³/mol. The van der Waals surface area contributed by atoms with Crippen molar-refractivity contribution in [1.29, 1.82) is 5.26 Å². The van der Waals surface area contributed by atoms with Gasteiger partial charge in [0.1, 0.15) is 16.3 Å². The Morgan fingerprint density at radius 3 is 2.39 bits per heavy atom. The van der Waals surface area contributed by atoms with Crippen LogP contribution in [-0.4, -0.2) is 11.8 Å². The van der Waals surface area contributed by atoms with Crippen molar-refractivity contribution in [2.24, 2.45) is 0 Å². The van der Waals surface area contributed by atoms with E-state index < -0.39 is 5.25 Å². The number of hydrogen-bond donors (Lipinski definition) is 2. The summed E-state index contributed by atoms with van der Waals surface area (Å²) in [5.74, 6) is 0.0386. The molecule has 7 heteroatoms. The molecule has 1 aromatic heterocycles. The van der Waals surface area contributed by atoms with E-state index in [4.69, 9.17) is 0 Å². The largest absolute Gasteiger partial charge is 0.322 e. The lowest BCUT2D eigenvalue weighted by atomic mass is 9.83. The highest BCUT2D eigenvalue weighted by Crippen LogP contribution is 2.43. The zero-order valence-electron chi connectivity index (χ0n) is 24.2. The van der Waals surface area contributed by atoms with Gasteiger partial charge in [-0.1, -0.05) is 84.9 Å². The number of rotatable bonds is 8. The maximum absolute atomic E-state index is 14.0. The third-order valence-electron chi connectivity index (χ3n) is 7.96. The molecule has 2 unspecified atom stereocenters. The molecule has 0 bridgehead atoms. The van der Waals surface area contributed by atoms with Gasteiger partial charge in [0.05, 0.1) is 5.56 Å². The zero-order valence-corrected chi connectivity index (χ0v) is 25.9. The molecule has 1 heterocycles. The molecule has 2 amide bonds. The number of hydrogen-bond acceptors (Lipinski definition) is 5. The molecule has 2 atom stereocenters. The Balaban J connectivity index is 1.23. The van der Waals surface area contributed by atoms with Crippen LogP contribution < -0.4 is 10.6 Å². The second-order valence-corrected chi connectivity index (χ2v) is 13.1. The maximum Gasteiger partial charge on any atom is 0.255 e. The van der Waals surface area contributed by atoms with Crippen molar-refractivity contribution in [3.05, 3.63) is 147 Å². The fourth-order valence-corrected chi connectivity index (χ4v) is 8.05. The third-order valence-corrected chi connectivity index (χ3v) is 10.4. The van der Waals surface area contributed by atoms with Crippen LogP contribution in [0.25, 0.3) is 0 Å². The lowest BCUT2D eigenvalue weighted by Crippen LogP contribution is -2.19. The van der Waals surface area contributed by atoms with Crippen LogP contribution in [0.15, 0.2) is 114 Å². The van der Waals surface area contributed by atoms with Gasteiger partial charge in [0.25, 0.3) is 5.91 Å². The first-order chi connectivity index (χ1) is 21.5. The van der Waals surface area contributed by atoms with Crippen LogP contribution >= 0.6 is 23.1 Å². The van der Waals surface area contributed by atoms with Crippen LogP contribution in [0, 0.1) is 18.3 Å². The van der Waals surface area contributed by atoms with E-state index >= 15 is 0 Å². The number of nitrogens with zero attached hydrogens (tertiary/aromatic N) is 1. The molecule has 0 saturated carbocycles. The molecule has 0 radical (unpaired) electrons. The third kappa shape index (κ3) is 6.47. The normalized spacial score (nSPS) is 14.6. The van der Waals surface area contributed by atoms with Gasteiger partial charge in [0.2, 0.25) is 5.91 Å². The fraction of sp³-hybridized carbons (Fsp3) is 0.162. The van der Waals surface area contributed by atoms with Crippen LogP contribution in [0.2, 0.25) is 0 Å². The van der Waals surface area contributed by atoms with Gasteiger partial charge in [-0.25, -0.2) is 0 Å². The summed E-state index contributed by atoms with van der Waals surface area (Å²) in [7, 11) is 0. The van der Waals surface area contributed by atoms with Crippen molar-refractivity contribution in [3.8, 4) is 6.07 Å². The van der Waals surface area contributed by atoms with Gasteiger partial charge >= 0.3 is 0 Å². The summed E-state index contributed by atoms with van der Waals surface area (Å²) >= 11 is 2.94. The minimum absolute atomic E-state index is 0.178. The Labute approximate surface area is 266 Å². The van der Waals surface area contributed by atoms with Crippen LogP contribution in [0.5, 0.6) is 0 Å². The van der Waals surface area contributed by atoms with Crippen molar-refractivity contribution in [2.75, 3.05) is 10.6 Å². The molecule has 44 heavy (non-hydrogen) atoms. The van der Waals surface area contributed by atoms with Gasteiger partial charge in [-0.3, -0.25) is 9.59 Å². The number of nitriles is 1. The molecule has 5 aromatic rings. The molecule has 218 valence electrons. The summed E-state index contributed by atoms with van der Waals surface area (Å²) in [6.07, 6.45) is 2.67. The second kappa shape index (κ2) is 13.3. The van der Waals surface area contributed by atoms with E-state index in [2.05, 4.69) is 41.0 Å². The van der Waals surface area contributed by atoms with Crippen molar-refractivity contribution < 1.29 is 9.59 Å². The summed E-state index contributed by atoms with van der Waals surface area (Å²) in [6, 6.07) is 37.6. The molecule has 1 aliphatic rings. The average molecular weight is 614 g/mol. The smallest absolute Gasteiger partial charge is 0.255 e. The highest BCUT2D eigenvalue weighted by atomic mass is 32.2. The van der Waals surface area contributed by atoms with E-state index in [9.17, 15) is 14.9 Å². The Bertz CT molecular complexity index is 1840. The van der Waals surface area contributed by atoms with Gasteiger partial charge < -0.3 is 10.6 Å². The molecule has 0 spiro atoms. The average Bonchev–Trinajstić information content (AvgIpc) is 3.40. The molecule has 0 aliphatic heterocycles. The van der Waals surface area contributed by atoms with Crippen LogP contribution in [-0.2, 0) is 17.6 Å². The minimum atomic E-state index is -0.568. The standard InChI is InChI=1S/C37H31N3O2S2/c1-24-11-8-9-18-30(24)35(41)39-28-16-10-17-29(22-28)43-34(26-14-6-3-7-15-26)36(42)40-37-32(23-38)31-20-19-27(21-33(31)44-37)25-12-4-2-5-13-25/h2-18,22,27,34H,19-21H2,1H3,(H,39,41)(H,40,42). The van der Waals surface area contributed by atoms with E-state index in [1.165, 1.54) is 33.5 Å². The Morgan fingerprint density at radius 1 is 0.909 bits per heavy atom. The molecule has 4 aromatic carbocycles. The molecule has 1 aliphatic carbocycles. The zero-order chi connectivity index (χ0) is 30.5. The second-order valence-electron chi connectivity index (χ2n) is 10.9. The minimum Gasteiger partial charge on any atom is -0.322 e. The van der Waals surface area contributed by atoms with Crippen molar-refractivity contribution >= 4 is 45.6 Å². The summed E-state index contributed by atoms with van der Waals surface area (Å²) in [5, 5.41) is 16.3. The summed E-state index contributed by atoms with van der Waals surface area (Å²) in [5.41, 5.74) is 6.00. The first-order valence-corrected chi connectivity index (χ1v) is 16.3. The molecule has 5 nitrogen and oxygen atoms in total. The van der Waals surface area contributed by atoms with Gasteiger partial charge in [-0.05, 0) is 78.6 Å². The van der Waals surface area contributed by atoms with E-state index in [1.54, 1.807) is 6.07 Å². The number of aryl methyl sites for hydroxylation is 1. The summed E-state index contributed by atoms with van der Waals surface area (Å²) < 4.78 is 0. The van der Waals surface area contributed by atoms with E-state index in [0.29, 0.717) is 27.7 Å². The van der Waals surface area contributed by atoms with Gasteiger partial charge in [0.15, 0.2) is 0 Å². The first-order valence-electron chi connectivity index (χ1n) is 14.6. The highest BCUT2D eigenvalue weighted by Gasteiger charge is 2.29. The van der Waals surface area contributed by atoms with Gasteiger partial charge in [-0.2, -0.15) is 5.26 Å². The predicted octanol–water partition coefficient (Wildman–Crippen LogP) is 8.93. The van der Waals surface area contributed by atoms with Crippen molar-refractivity contribution in [1.82, 2.24) is 0 Å². The van der Waals surface area contributed by atoms with E-state index in [1.807, 2.05) is 85.8 Å². The first kappa shape index (κ1) is 29.4. The number of benzene rings is 4. The molecule has 6 rings (SSSR count). The SMILES string of the molecule is Cc1ccccc1C(=O)Nc1cccc(SC(C(=O)Nc2sc3c(c2C#N)CCC(c2ccccc2)C3)c2ccccc2)c1. The quantitative estimate of drug-likeness (QED) is 0.171. The van der Waals surface area contributed by atoms with Gasteiger partial charge in [-0.15, -0.1) is 23.1 Å². The number of thiophene rings is 1. The number of nitrogens with one attached hydrogen (secondary N) is 2. The maximum atomic E-state index is 14.0. The number of thioether (sulfide) groups is 1. The topological polar surface area (TPSA) is 82.0 Å². The molecular formula is C37H31N3O2S2. The van der Waals surface area contributed by atoms with E-state index in [0.717, 1.165) is 40.8 Å². The number of anilines is 2. The fourth-order valence-electron chi connectivity index (χ4n) is 5.69. The Morgan fingerprint density at radius 2 is 1.64 bits per heavy atom. The molecule has 0 saturated heterocycles. The number of fused-ring (bicyclic) bond motifs is 1. The summed E-state index contributed by atoms with van der Waals surface area (Å²) in [4.78, 5) is 28.9. The Hall–Kier alpha value is -4.64. The van der Waals surface area contributed by atoms with Crippen molar-refractivity contribution in [3.63, 3.8) is 0 Å². The monoisotopic (exact) mass is 613 g/mol. The number of carbonyl (C=O) groups excluding carboxylic acids is 2. The molecule has 2 N–H and O–H groups in total. The Kier molecular flexibility index (Phi) is 8.92. The lowest BCUT2D eigenvalue weighted by Gasteiger charge is -2.22. The number of amides is 2. The van der Waals surface area contributed by atoms with Crippen LogP contribution in [0.4, 0.5) is 10.7 Å². The lowest BCUT2D eigenvalue weighted by molar-refractivity contribution is -0.115.